The summed E-state index contributed by atoms with van der Waals surface area (Å²) in [5, 5.41) is 0. The highest BCUT2D eigenvalue weighted by Crippen LogP contribution is 2.34. The molecular weight excluding hydrogens is 188 g/mol. The number of hydrogen-bond acceptors (Lipinski definition) is 2. The lowest BCUT2D eigenvalue weighted by atomic mass is 9.85. The Balaban J connectivity index is 2.34. The minimum Gasteiger partial charge on any atom is -0.323 e. The molecule has 1 aliphatic rings. The molecule has 1 radical (unpaired) electrons. The fraction of sp³-hybridized carbons (Fsp3) is 0.500. The minimum atomic E-state index is -0.263. The fourth-order valence-electron chi connectivity index (χ4n) is 2.21. The topological polar surface area (TPSA) is 33.2 Å². The van der Waals surface area contributed by atoms with Crippen molar-refractivity contribution >= 4 is 6.41 Å². The number of aromatic nitrogens is 1. The lowest BCUT2D eigenvalue weighted by molar-refractivity contribution is 0.127. The zero-order valence-corrected chi connectivity index (χ0v) is 8.94. The quantitative estimate of drug-likeness (QED) is 0.735. The van der Waals surface area contributed by atoms with Gasteiger partial charge in [0.25, 0.3) is 0 Å². The van der Waals surface area contributed by atoms with Gasteiger partial charge in [-0.25, -0.2) is 0 Å². The first-order valence-electron chi connectivity index (χ1n) is 5.34. The Morgan fingerprint density at radius 2 is 2.33 bits per heavy atom. The third-order valence-electron chi connectivity index (χ3n) is 3.22. The Kier molecular flexibility index (Phi) is 2.71. The van der Waals surface area contributed by atoms with Crippen LogP contribution in [0, 0.1) is 0 Å². The summed E-state index contributed by atoms with van der Waals surface area (Å²) >= 11 is 0. The van der Waals surface area contributed by atoms with Gasteiger partial charge < -0.3 is 4.90 Å². The number of piperidine rings is 1. The van der Waals surface area contributed by atoms with E-state index in [4.69, 9.17) is 0 Å². The molecule has 15 heavy (non-hydrogen) atoms. The van der Waals surface area contributed by atoms with E-state index in [1.54, 1.807) is 11.1 Å². The number of pyridine rings is 1. The molecule has 1 aromatic heterocycles. The number of amides is 1. The van der Waals surface area contributed by atoms with Crippen molar-refractivity contribution in [2.24, 2.45) is 0 Å². The van der Waals surface area contributed by atoms with Gasteiger partial charge in [-0.15, -0.1) is 0 Å². The monoisotopic (exact) mass is 203 g/mol. The summed E-state index contributed by atoms with van der Waals surface area (Å²) in [6.45, 7) is 2.86. The Bertz CT molecular complexity index is 339. The lowest BCUT2D eigenvalue weighted by Crippen LogP contribution is -2.46. The summed E-state index contributed by atoms with van der Waals surface area (Å²) in [6, 6.07) is 5.84. The predicted octanol–water partition coefficient (Wildman–Crippen LogP) is 1.85. The molecule has 3 heteroatoms. The van der Waals surface area contributed by atoms with Crippen LogP contribution in [0.2, 0.25) is 0 Å². The van der Waals surface area contributed by atoms with E-state index < -0.39 is 0 Å². The molecule has 3 nitrogen and oxygen atoms in total. The van der Waals surface area contributed by atoms with E-state index in [1.807, 2.05) is 24.6 Å². The summed E-state index contributed by atoms with van der Waals surface area (Å²) in [6.07, 6.45) is 6.99. The maximum atomic E-state index is 10.9. The average molecular weight is 203 g/mol. The van der Waals surface area contributed by atoms with E-state index in [0.717, 1.165) is 31.5 Å². The van der Waals surface area contributed by atoms with E-state index in [0.29, 0.717) is 0 Å². The van der Waals surface area contributed by atoms with Crippen molar-refractivity contribution in [2.45, 2.75) is 31.7 Å². The van der Waals surface area contributed by atoms with Crippen LogP contribution in [0.25, 0.3) is 0 Å². The Hall–Kier alpha value is -1.38. The van der Waals surface area contributed by atoms with Crippen molar-refractivity contribution in [1.29, 1.82) is 0 Å². The van der Waals surface area contributed by atoms with Crippen molar-refractivity contribution in [3.8, 4) is 0 Å². The SMILES string of the molecule is CC1(c2ccccn2)CCCCN1[C]=O. The summed E-state index contributed by atoms with van der Waals surface area (Å²) in [4.78, 5) is 17.0. The van der Waals surface area contributed by atoms with Crippen molar-refractivity contribution < 1.29 is 4.79 Å². The molecule has 1 fully saturated rings. The Morgan fingerprint density at radius 3 is 3.00 bits per heavy atom. The Morgan fingerprint density at radius 1 is 1.47 bits per heavy atom. The molecule has 2 heterocycles. The summed E-state index contributed by atoms with van der Waals surface area (Å²) in [5.74, 6) is 0. The van der Waals surface area contributed by atoms with E-state index in [-0.39, 0.29) is 5.54 Å². The molecule has 0 saturated carbocycles. The Labute approximate surface area is 90.1 Å². The first kappa shape index (κ1) is 10.1. The van der Waals surface area contributed by atoms with Gasteiger partial charge in [0, 0.05) is 12.7 Å². The smallest absolute Gasteiger partial charge is 0.312 e. The van der Waals surface area contributed by atoms with Crippen molar-refractivity contribution in [2.75, 3.05) is 6.54 Å². The van der Waals surface area contributed by atoms with Crippen LogP contribution in [0.1, 0.15) is 31.9 Å². The lowest BCUT2D eigenvalue weighted by Gasteiger charge is -2.41. The number of likely N-dealkylation sites (tertiary alicyclic amines) is 1. The van der Waals surface area contributed by atoms with E-state index in [9.17, 15) is 4.79 Å². The molecular formula is C12H15N2O. The van der Waals surface area contributed by atoms with Gasteiger partial charge in [0.2, 0.25) is 0 Å². The van der Waals surface area contributed by atoms with Crippen LogP contribution in [0.15, 0.2) is 24.4 Å². The third-order valence-corrected chi connectivity index (χ3v) is 3.22. The molecule has 0 spiro atoms. The normalized spacial score (nSPS) is 26.3. The first-order chi connectivity index (χ1) is 7.27. The molecule has 0 bridgehead atoms. The molecule has 0 N–H and O–H groups in total. The second kappa shape index (κ2) is 4.01. The maximum absolute atomic E-state index is 10.9. The molecule has 2 rings (SSSR count). The molecule has 1 saturated heterocycles. The van der Waals surface area contributed by atoms with Crippen LogP contribution in [0.5, 0.6) is 0 Å². The van der Waals surface area contributed by atoms with E-state index >= 15 is 0 Å². The maximum Gasteiger partial charge on any atom is 0.312 e. The fourth-order valence-corrected chi connectivity index (χ4v) is 2.21. The van der Waals surface area contributed by atoms with Gasteiger partial charge in [0.05, 0.1) is 11.2 Å². The molecule has 1 unspecified atom stereocenters. The zero-order valence-electron chi connectivity index (χ0n) is 8.94. The molecule has 1 atom stereocenters. The third kappa shape index (κ3) is 1.74. The molecule has 1 amide bonds. The number of hydrogen-bond donors (Lipinski definition) is 0. The first-order valence-corrected chi connectivity index (χ1v) is 5.34. The highest BCUT2D eigenvalue weighted by atomic mass is 16.1. The van der Waals surface area contributed by atoms with E-state index in [2.05, 4.69) is 11.9 Å². The molecule has 1 aromatic rings. The van der Waals surface area contributed by atoms with Crippen LogP contribution >= 0.6 is 0 Å². The standard InChI is InChI=1S/C12H15N2O/c1-12(11-6-2-4-8-13-11)7-3-5-9-14(12)10-15/h2,4,6,8H,3,5,7,9H2,1H3. The average Bonchev–Trinajstić information content (AvgIpc) is 2.31. The molecule has 0 aromatic carbocycles. The number of rotatable bonds is 2. The van der Waals surface area contributed by atoms with Gasteiger partial charge in [-0.05, 0) is 38.3 Å². The van der Waals surface area contributed by atoms with E-state index in [1.165, 1.54) is 0 Å². The number of nitrogens with zero attached hydrogens (tertiary/aromatic N) is 2. The van der Waals surface area contributed by atoms with Crippen molar-refractivity contribution in [3.63, 3.8) is 0 Å². The highest BCUT2D eigenvalue weighted by molar-refractivity contribution is 5.51. The molecule has 0 aliphatic carbocycles. The predicted molar refractivity (Wildman–Crippen MR) is 57.8 cm³/mol. The number of carbonyl (C=O) groups excluding carboxylic acids is 1. The van der Waals surface area contributed by atoms with Crippen LogP contribution in [-0.4, -0.2) is 22.8 Å². The second-order valence-electron chi connectivity index (χ2n) is 4.19. The van der Waals surface area contributed by atoms with Gasteiger partial charge in [-0.2, -0.15) is 0 Å². The highest BCUT2D eigenvalue weighted by Gasteiger charge is 2.36. The summed E-state index contributed by atoms with van der Waals surface area (Å²) < 4.78 is 0. The van der Waals surface area contributed by atoms with Crippen molar-refractivity contribution in [1.82, 2.24) is 9.88 Å². The van der Waals surface area contributed by atoms with Crippen molar-refractivity contribution in [3.05, 3.63) is 30.1 Å². The van der Waals surface area contributed by atoms with Crippen LogP contribution in [-0.2, 0) is 10.3 Å². The largest absolute Gasteiger partial charge is 0.323 e. The van der Waals surface area contributed by atoms with Gasteiger partial charge in [0.15, 0.2) is 0 Å². The van der Waals surface area contributed by atoms with Crippen LogP contribution < -0.4 is 0 Å². The summed E-state index contributed by atoms with van der Waals surface area (Å²) in [7, 11) is 0. The zero-order chi connectivity index (χ0) is 10.7. The second-order valence-corrected chi connectivity index (χ2v) is 4.19. The van der Waals surface area contributed by atoms with Gasteiger partial charge in [0.1, 0.15) is 0 Å². The van der Waals surface area contributed by atoms with Gasteiger partial charge in [-0.1, -0.05) is 6.07 Å². The van der Waals surface area contributed by atoms with Crippen LogP contribution in [0.3, 0.4) is 0 Å². The molecule has 79 valence electrons. The summed E-state index contributed by atoms with van der Waals surface area (Å²) in [5.41, 5.74) is 0.703. The van der Waals surface area contributed by atoms with Gasteiger partial charge in [-0.3, -0.25) is 9.78 Å². The van der Waals surface area contributed by atoms with Gasteiger partial charge >= 0.3 is 6.41 Å². The van der Waals surface area contributed by atoms with Crippen LogP contribution in [0.4, 0.5) is 0 Å². The molecule has 1 aliphatic heterocycles. The minimum absolute atomic E-state index is 0.263.